The van der Waals surface area contributed by atoms with Crippen molar-refractivity contribution in [1.29, 1.82) is 0 Å². The van der Waals surface area contributed by atoms with Crippen LogP contribution in [0.25, 0.3) is 21.8 Å². The summed E-state index contributed by atoms with van der Waals surface area (Å²) in [4.78, 5) is 18.5. The van der Waals surface area contributed by atoms with Gasteiger partial charge in [-0.05, 0) is 60.4 Å². The van der Waals surface area contributed by atoms with Gasteiger partial charge in [0.25, 0.3) is 0 Å². The van der Waals surface area contributed by atoms with Crippen LogP contribution in [0.3, 0.4) is 0 Å². The fourth-order valence-corrected chi connectivity index (χ4v) is 3.42. The molecule has 4 rings (SSSR count). The van der Waals surface area contributed by atoms with Gasteiger partial charge in [-0.25, -0.2) is 0 Å². The number of benzene rings is 2. The Kier molecular flexibility index (Phi) is 4.46. The summed E-state index contributed by atoms with van der Waals surface area (Å²) < 4.78 is 0. The lowest BCUT2D eigenvalue weighted by Gasteiger charge is -2.05. The highest BCUT2D eigenvalue weighted by atomic mass is 16.3. The molecule has 27 heavy (non-hydrogen) atoms. The fraction of sp³-hybridized carbons (Fsp3) is 0.190. The average Bonchev–Trinajstić information content (AvgIpc) is 3.23. The van der Waals surface area contributed by atoms with E-state index in [9.17, 15) is 15.0 Å². The van der Waals surface area contributed by atoms with Gasteiger partial charge in [-0.3, -0.25) is 4.79 Å². The van der Waals surface area contributed by atoms with E-state index in [0.29, 0.717) is 25.8 Å². The normalized spacial score (nSPS) is 11.3. The second-order valence-electron chi connectivity index (χ2n) is 6.69. The first-order valence-corrected chi connectivity index (χ1v) is 8.95. The molecule has 1 amide bonds. The molecule has 4 aromatic rings. The van der Waals surface area contributed by atoms with Crippen LogP contribution in [-0.4, -0.2) is 32.6 Å². The lowest BCUT2D eigenvalue weighted by molar-refractivity contribution is -0.121. The highest BCUT2D eigenvalue weighted by molar-refractivity contribution is 5.86. The first-order chi connectivity index (χ1) is 13.1. The van der Waals surface area contributed by atoms with Crippen molar-refractivity contribution < 1.29 is 15.0 Å². The van der Waals surface area contributed by atoms with E-state index in [1.165, 1.54) is 0 Å². The molecule has 0 saturated carbocycles. The molecule has 6 nitrogen and oxygen atoms in total. The van der Waals surface area contributed by atoms with Gasteiger partial charge in [-0.15, -0.1) is 0 Å². The summed E-state index contributed by atoms with van der Waals surface area (Å²) in [6.45, 7) is 0.538. The van der Waals surface area contributed by atoms with E-state index in [1.54, 1.807) is 24.3 Å². The third kappa shape index (κ3) is 3.60. The highest BCUT2D eigenvalue weighted by Crippen LogP contribution is 2.24. The van der Waals surface area contributed by atoms with E-state index in [-0.39, 0.29) is 17.4 Å². The number of H-pyrrole nitrogens is 2. The number of aromatic hydroxyl groups is 2. The Morgan fingerprint density at radius 1 is 0.852 bits per heavy atom. The summed E-state index contributed by atoms with van der Waals surface area (Å²) in [5, 5.41) is 24.1. The minimum Gasteiger partial charge on any atom is -0.508 e. The van der Waals surface area contributed by atoms with Crippen molar-refractivity contribution in [2.45, 2.75) is 19.3 Å². The van der Waals surface area contributed by atoms with Gasteiger partial charge in [0.15, 0.2) is 0 Å². The van der Waals surface area contributed by atoms with E-state index in [2.05, 4.69) is 15.3 Å². The molecule has 2 aromatic heterocycles. The molecule has 0 aliphatic rings. The standard InChI is InChI=1S/C21H21N3O3/c25-15-2-4-19-17(9-15)13(11-23-19)1-6-21(27)22-8-7-14-12-24-20-5-3-16(26)10-18(14)20/h2-5,9-12,23-26H,1,6-8H2,(H,22,27). The maximum absolute atomic E-state index is 12.2. The minimum atomic E-state index is -0.00723. The highest BCUT2D eigenvalue weighted by Gasteiger charge is 2.09. The lowest BCUT2D eigenvalue weighted by atomic mass is 10.1. The van der Waals surface area contributed by atoms with Crippen LogP contribution in [0.2, 0.25) is 0 Å². The van der Waals surface area contributed by atoms with Crippen LogP contribution in [0, 0.1) is 0 Å². The summed E-state index contributed by atoms with van der Waals surface area (Å²) in [5.41, 5.74) is 4.00. The second-order valence-corrected chi connectivity index (χ2v) is 6.69. The summed E-state index contributed by atoms with van der Waals surface area (Å²) >= 11 is 0. The molecule has 0 fully saturated rings. The molecule has 5 N–H and O–H groups in total. The number of hydrogen-bond donors (Lipinski definition) is 5. The number of rotatable bonds is 6. The monoisotopic (exact) mass is 363 g/mol. The van der Waals surface area contributed by atoms with Crippen molar-refractivity contribution in [1.82, 2.24) is 15.3 Å². The Labute approximate surface area is 155 Å². The molecular weight excluding hydrogens is 342 g/mol. The van der Waals surface area contributed by atoms with Crippen molar-refractivity contribution >= 4 is 27.7 Å². The van der Waals surface area contributed by atoms with Crippen LogP contribution in [-0.2, 0) is 17.6 Å². The zero-order chi connectivity index (χ0) is 18.8. The van der Waals surface area contributed by atoms with Crippen LogP contribution >= 0.6 is 0 Å². The van der Waals surface area contributed by atoms with Crippen LogP contribution in [0.4, 0.5) is 0 Å². The maximum atomic E-state index is 12.2. The number of phenolic OH excluding ortho intramolecular Hbond substituents is 2. The van der Waals surface area contributed by atoms with E-state index < -0.39 is 0 Å². The van der Waals surface area contributed by atoms with Gasteiger partial charge in [-0.2, -0.15) is 0 Å². The topological polar surface area (TPSA) is 101 Å². The smallest absolute Gasteiger partial charge is 0.220 e. The molecule has 0 aliphatic carbocycles. The molecule has 2 heterocycles. The third-order valence-corrected chi connectivity index (χ3v) is 4.84. The lowest BCUT2D eigenvalue weighted by Crippen LogP contribution is -2.25. The first kappa shape index (κ1) is 17.0. The molecule has 0 spiro atoms. The van der Waals surface area contributed by atoms with E-state index in [4.69, 9.17) is 0 Å². The number of fused-ring (bicyclic) bond motifs is 2. The first-order valence-electron chi connectivity index (χ1n) is 8.95. The van der Waals surface area contributed by atoms with Crippen molar-refractivity contribution in [2.75, 3.05) is 6.54 Å². The quantitative estimate of drug-likeness (QED) is 0.363. The molecule has 0 atom stereocenters. The van der Waals surface area contributed by atoms with Gasteiger partial charge >= 0.3 is 0 Å². The Bertz CT molecular complexity index is 1110. The SMILES string of the molecule is O=C(CCc1c[nH]c2ccc(O)cc12)NCCc1c[nH]c2ccc(O)cc12. The zero-order valence-corrected chi connectivity index (χ0v) is 14.7. The summed E-state index contributed by atoms with van der Waals surface area (Å²) in [6, 6.07) is 10.4. The van der Waals surface area contributed by atoms with Crippen LogP contribution < -0.4 is 5.32 Å². The molecule has 0 bridgehead atoms. The predicted octanol–water partition coefficient (Wildman–Crippen LogP) is 3.35. The molecule has 0 saturated heterocycles. The Balaban J connectivity index is 1.31. The zero-order valence-electron chi connectivity index (χ0n) is 14.7. The van der Waals surface area contributed by atoms with Crippen LogP contribution in [0.5, 0.6) is 11.5 Å². The number of hydrogen-bond acceptors (Lipinski definition) is 3. The Morgan fingerprint density at radius 3 is 2.00 bits per heavy atom. The Hall–Kier alpha value is -3.41. The maximum Gasteiger partial charge on any atom is 0.220 e. The fourth-order valence-electron chi connectivity index (χ4n) is 3.42. The van der Waals surface area contributed by atoms with Gasteiger partial charge in [0.05, 0.1) is 0 Å². The van der Waals surface area contributed by atoms with Gasteiger partial charge in [-0.1, -0.05) is 0 Å². The molecule has 138 valence electrons. The summed E-state index contributed by atoms with van der Waals surface area (Å²) in [5.74, 6) is 0.446. The van der Waals surface area contributed by atoms with Crippen molar-refractivity contribution in [3.05, 3.63) is 59.9 Å². The summed E-state index contributed by atoms with van der Waals surface area (Å²) in [7, 11) is 0. The van der Waals surface area contributed by atoms with E-state index in [0.717, 1.165) is 32.9 Å². The molecular formula is C21H21N3O3. The summed E-state index contributed by atoms with van der Waals surface area (Å²) in [6.07, 6.45) is 5.48. The largest absolute Gasteiger partial charge is 0.508 e. The van der Waals surface area contributed by atoms with E-state index >= 15 is 0 Å². The van der Waals surface area contributed by atoms with Crippen molar-refractivity contribution in [3.63, 3.8) is 0 Å². The number of phenols is 2. The van der Waals surface area contributed by atoms with E-state index in [1.807, 2.05) is 24.5 Å². The molecule has 2 aromatic carbocycles. The Morgan fingerprint density at radius 2 is 1.41 bits per heavy atom. The van der Waals surface area contributed by atoms with Gasteiger partial charge in [0.1, 0.15) is 11.5 Å². The molecule has 0 aliphatic heterocycles. The number of amides is 1. The molecule has 0 radical (unpaired) electrons. The van der Waals surface area contributed by atoms with Crippen LogP contribution in [0.15, 0.2) is 48.8 Å². The van der Waals surface area contributed by atoms with Crippen LogP contribution in [0.1, 0.15) is 17.5 Å². The van der Waals surface area contributed by atoms with Gasteiger partial charge in [0.2, 0.25) is 5.91 Å². The minimum absolute atomic E-state index is 0.00723. The van der Waals surface area contributed by atoms with Crippen molar-refractivity contribution in [3.8, 4) is 11.5 Å². The second kappa shape index (κ2) is 7.07. The number of aromatic nitrogens is 2. The number of carbonyl (C=O) groups excluding carboxylic acids is 1. The number of aryl methyl sites for hydroxylation is 1. The average molecular weight is 363 g/mol. The van der Waals surface area contributed by atoms with Crippen molar-refractivity contribution in [2.24, 2.45) is 0 Å². The predicted molar refractivity (Wildman–Crippen MR) is 105 cm³/mol. The number of carbonyl (C=O) groups is 1. The molecule has 0 unspecified atom stereocenters. The van der Waals surface area contributed by atoms with Gasteiger partial charge < -0.3 is 25.5 Å². The number of nitrogens with one attached hydrogen (secondary N) is 3. The number of aromatic amines is 2. The third-order valence-electron chi connectivity index (χ3n) is 4.84. The molecule has 6 heteroatoms. The van der Waals surface area contributed by atoms with Gasteiger partial charge in [0, 0.05) is 47.2 Å².